The third kappa shape index (κ3) is 4.78. The molecule has 4 nitrogen and oxygen atoms in total. The van der Waals surface area contributed by atoms with Crippen LogP contribution in [0.1, 0.15) is 30.4 Å². The molecule has 1 heterocycles. The molecule has 0 unspecified atom stereocenters. The lowest BCUT2D eigenvalue weighted by Crippen LogP contribution is -2.37. The normalized spacial score (nSPS) is 16.8. The van der Waals surface area contributed by atoms with Gasteiger partial charge in [0.05, 0.1) is 17.7 Å². The minimum Gasteiger partial charge on any atom is -0.378 e. The molecule has 5 heteroatoms. The van der Waals surface area contributed by atoms with Gasteiger partial charge in [0.2, 0.25) is 0 Å². The molecule has 21 heavy (non-hydrogen) atoms. The Labute approximate surface area is 125 Å². The second-order valence-corrected chi connectivity index (χ2v) is 5.40. The largest absolute Gasteiger partial charge is 0.378 e. The average Bonchev–Trinajstić information content (AvgIpc) is 2.51. The van der Waals surface area contributed by atoms with Gasteiger partial charge >= 0.3 is 0 Å². The lowest BCUT2D eigenvalue weighted by Gasteiger charge is -2.32. The van der Waals surface area contributed by atoms with E-state index in [1.165, 1.54) is 12.1 Å². The van der Waals surface area contributed by atoms with Crippen molar-refractivity contribution in [1.29, 1.82) is 5.26 Å². The molecule has 114 valence electrons. The van der Waals surface area contributed by atoms with Crippen LogP contribution in [0.15, 0.2) is 18.2 Å². The Morgan fingerprint density at radius 3 is 2.81 bits per heavy atom. The fourth-order valence-corrected chi connectivity index (χ4v) is 2.60. The van der Waals surface area contributed by atoms with Crippen molar-refractivity contribution in [3.8, 4) is 6.07 Å². The summed E-state index contributed by atoms with van der Waals surface area (Å²) in [5.41, 5.74) is 6.77. The van der Waals surface area contributed by atoms with Gasteiger partial charge < -0.3 is 10.5 Å². The van der Waals surface area contributed by atoms with Crippen molar-refractivity contribution in [3.63, 3.8) is 0 Å². The van der Waals surface area contributed by atoms with Gasteiger partial charge in [0.25, 0.3) is 0 Å². The molecule has 2 rings (SSSR count). The number of hydrogen-bond donors (Lipinski definition) is 1. The Kier molecular flexibility index (Phi) is 6.12. The van der Waals surface area contributed by atoms with Gasteiger partial charge in [0, 0.05) is 26.2 Å². The predicted molar refractivity (Wildman–Crippen MR) is 79.0 cm³/mol. The van der Waals surface area contributed by atoms with Crippen LogP contribution >= 0.6 is 0 Å². The molecule has 0 saturated carbocycles. The van der Waals surface area contributed by atoms with E-state index >= 15 is 0 Å². The maximum absolute atomic E-state index is 13.1. The molecular formula is C16H22FN3O. The Balaban J connectivity index is 1.82. The third-order valence-corrected chi connectivity index (χ3v) is 3.82. The monoisotopic (exact) mass is 291 g/mol. The summed E-state index contributed by atoms with van der Waals surface area (Å²) in [6, 6.07) is 6.49. The first-order valence-electron chi connectivity index (χ1n) is 7.45. The van der Waals surface area contributed by atoms with Gasteiger partial charge in [-0.1, -0.05) is 6.07 Å². The van der Waals surface area contributed by atoms with Gasteiger partial charge in [-0.3, -0.25) is 4.90 Å². The summed E-state index contributed by atoms with van der Waals surface area (Å²) in [7, 11) is 0. The number of ether oxygens (including phenoxy) is 1. The van der Waals surface area contributed by atoms with E-state index in [1.54, 1.807) is 6.07 Å². The molecule has 0 aromatic heterocycles. The lowest BCUT2D eigenvalue weighted by molar-refractivity contribution is 0.00562. The summed E-state index contributed by atoms with van der Waals surface area (Å²) in [6.45, 7) is 3.97. The first kappa shape index (κ1) is 15.9. The van der Waals surface area contributed by atoms with E-state index in [0.29, 0.717) is 24.8 Å². The van der Waals surface area contributed by atoms with E-state index in [0.717, 1.165) is 44.5 Å². The zero-order valence-electron chi connectivity index (χ0n) is 12.2. The molecule has 0 aliphatic carbocycles. The number of benzene rings is 1. The highest BCUT2D eigenvalue weighted by Crippen LogP contribution is 2.18. The maximum Gasteiger partial charge on any atom is 0.124 e. The maximum atomic E-state index is 13.1. The van der Waals surface area contributed by atoms with Crippen LogP contribution in [0.3, 0.4) is 0 Å². The molecule has 1 aliphatic heterocycles. The summed E-state index contributed by atoms with van der Waals surface area (Å²) in [4.78, 5) is 2.29. The van der Waals surface area contributed by atoms with Gasteiger partial charge in [-0.15, -0.1) is 0 Å². The van der Waals surface area contributed by atoms with Gasteiger partial charge in [0.1, 0.15) is 5.82 Å². The molecule has 0 bridgehead atoms. The van der Waals surface area contributed by atoms with E-state index < -0.39 is 0 Å². The van der Waals surface area contributed by atoms with Crippen molar-refractivity contribution in [2.24, 2.45) is 5.73 Å². The van der Waals surface area contributed by atoms with Crippen LogP contribution in [0.5, 0.6) is 0 Å². The van der Waals surface area contributed by atoms with Crippen molar-refractivity contribution in [1.82, 2.24) is 4.90 Å². The number of hydrogen-bond acceptors (Lipinski definition) is 4. The molecule has 1 aliphatic rings. The molecule has 0 spiro atoms. The number of halogens is 1. The number of nitrogens with zero attached hydrogens (tertiary/aromatic N) is 2. The van der Waals surface area contributed by atoms with Crippen molar-refractivity contribution in [2.75, 3.05) is 26.2 Å². The van der Waals surface area contributed by atoms with E-state index in [2.05, 4.69) is 11.0 Å². The number of nitrogens with two attached hydrogens (primary N) is 1. The summed E-state index contributed by atoms with van der Waals surface area (Å²) < 4.78 is 18.9. The number of rotatable bonds is 6. The Morgan fingerprint density at radius 2 is 2.14 bits per heavy atom. The van der Waals surface area contributed by atoms with E-state index in [9.17, 15) is 4.39 Å². The van der Waals surface area contributed by atoms with E-state index in [-0.39, 0.29) is 5.82 Å². The second kappa shape index (κ2) is 8.08. The van der Waals surface area contributed by atoms with E-state index in [4.69, 9.17) is 15.7 Å². The fourth-order valence-electron chi connectivity index (χ4n) is 2.60. The van der Waals surface area contributed by atoms with Gasteiger partial charge in [0.15, 0.2) is 0 Å². The standard InChI is InChI=1S/C16H22FN3O/c17-15-3-2-13(14(10-15)11-19)12-20-7-4-16(5-8-20)21-9-1-6-18/h2-3,10,16H,1,4-9,12,18H2. The van der Waals surface area contributed by atoms with Crippen molar-refractivity contribution in [2.45, 2.75) is 31.9 Å². The third-order valence-electron chi connectivity index (χ3n) is 3.82. The average molecular weight is 291 g/mol. The SMILES string of the molecule is N#Cc1cc(F)ccc1CN1CCC(OCCCN)CC1. The quantitative estimate of drug-likeness (QED) is 0.815. The number of nitriles is 1. The summed E-state index contributed by atoms with van der Waals surface area (Å²) in [5, 5.41) is 9.07. The Hall–Kier alpha value is -1.48. The first-order chi connectivity index (χ1) is 10.2. The Morgan fingerprint density at radius 1 is 1.38 bits per heavy atom. The van der Waals surface area contributed by atoms with Crippen LogP contribution in [-0.4, -0.2) is 37.2 Å². The zero-order chi connectivity index (χ0) is 15.1. The molecule has 1 fully saturated rings. The van der Waals surface area contributed by atoms with Crippen molar-refractivity contribution in [3.05, 3.63) is 35.1 Å². The summed E-state index contributed by atoms with van der Waals surface area (Å²) in [5.74, 6) is -0.359. The second-order valence-electron chi connectivity index (χ2n) is 5.40. The molecule has 1 saturated heterocycles. The zero-order valence-corrected chi connectivity index (χ0v) is 12.2. The molecule has 2 N–H and O–H groups in total. The first-order valence-corrected chi connectivity index (χ1v) is 7.45. The van der Waals surface area contributed by atoms with Crippen LogP contribution in [0.4, 0.5) is 4.39 Å². The summed E-state index contributed by atoms with van der Waals surface area (Å²) in [6.07, 6.45) is 3.21. The minimum atomic E-state index is -0.359. The highest BCUT2D eigenvalue weighted by molar-refractivity contribution is 5.37. The van der Waals surface area contributed by atoms with Crippen LogP contribution in [-0.2, 0) is 11.3 Å². The number of piperidine rings is 1. The molecule has 0 atom stereocenters. The smallest absolute Gasteiger partial charge is 0.124 e. The molecule has 1 aromatic carbocycles. The van der Waals surface area contributed by atoms with Crippen molar-refractivity contribution >= 4 is 0 Å². The highest BCUT2D eigenvalue weighted by atomic mass is 19.1. The van der Waals surface area contributed by atoms with Gasteiger partial charge in [-0.2, -0.15) is 5.26 Å². The summed E-state index contributed by atoms with van der Waals surface area (Å²) >= 11 is 0. The lowest BCUT2D eigenvalue weighted by atomic mass is 10.0. The highest BCUT2D eigenvalue weighted by Gasteiger charge is 2.20. The Bertz CT molecular complexity index is 493. The topological polar surface area (TPSA) is 62.3 Å². The van der Waals surface area contributed by atoms with Gasteiger partial charge in [-0.05, 0) is 43.5 Å². The minimum absolute atomic E-state index is 0.316. The van der Waals surface area contributed by atoms with Crippen LogP contribution in [0.25, 0.3) is 0 Å². The fraction of sp³-hybridized carbons (Fsp3) is 0.562. The molecule has 0 amide bonds. The van der Waals surface area contributed by atoms with Crippen LogP contribution in [0, 0.1) is 17.1 Å². The molecule has 1 aromatic rings. The van der Waals surface area contributed by atoms with Crippen LogP contribution < -0.4 is 5.73 Å². The molecule has 0 radical (unpaired) electrons. The van der Waals surface area contributed by atoms with Crippen molar-refractivity contribution < 1.29 is 9.13 Å². The number of likely N-dealkylation sites (tertiary alicyclic amines) is 1. The predicted octanol–water partition coefficient (Wildman–Crippen LogP) is 2.03. The van der Waals surface area contributed by atoms with E-state index in [1.807, 2.05) is 0 Å². The molecular weight excluding hydrogens is 269 g/mol. The van der Waals surface area contributed by atoms with Gasteiger partial charge in [-0.25, -0.2) is 4.39 Å². The van der Waals surface area contributed by atoms with Crippen LogP contribution in [0.2, 0.25) is 0 Å².